The van der Waals surface area contributed by atoms with E-state index >= 15 is 0 Å². The van der Waals surface area contributed by atoms with E-state index in [0.29, 0.717) is 17.7 Å². The number of hydrogen-bond acceptors (Lipinski definition) is 3. The summed E-state index contributed by atoms with van der Waals surface area (Å²) in [5, 5.41) is 12.5. The third-order valence-electron chi connectivity index (χ3n) is 3.82. The van der Waals surface area contributed by atoms with Crippen LogP contribution in [0, 0.1) is 6.92 Å². The first-order chi connectivity index (χ1) is 8.58. The van der Waals surface area contributed by atoms with Gasteiger partial charge in [0.2, 0.25) is 0 Å². The van der Waals surface area contributed by atoms with Gasteiger partial charge >= 0.3 is 0 Å². The number of ether oxygens (including phenoxy) is 1. The van der Waals surface area contributed by atoms with Gasteiger partial charge in [0.1, 0.15) is 5.75 Å². The predicted octanol–water partition coefficient (Wildman–Crippen LogP) is 2.00. The van der Waals surface area contributed by atoms with Crippen LogP contribution >= 0.6 is 0 Å². The Hall–Kier alpha value is -1.55. The summed E-state index contributed by atoms with van der Waals surface area (Å²) >= 11 is 0. The molecule has 0 bridgehead atoms. The van der Waals surface area contributed by atoms with Crippen LogP contribution in [0.3, 0.4) is 0 Å². The van der Waals surface area contributed by atoms with Crippen molar-refractivity contribution >= 4 is 5.91 Å². The first kappa shape index (κ1) is 12.9. The Morgan fingerprint density at radius 2 is 2.22 bits per heavy atom. The summed E-state index contributed by atoms with van der Waals surface area (Å²) in [6.45, 7) is 2.26. The van der Waals surface area contributed by atoms with Crippen molar-refractivity contribution in [3.8, 4) is 5.75 Å². The first-order valence-electron chi connectivity index (χ1n) is 6.20. The summed E-state index contributed by atoms with van der Waals surface area (Å²) in [4.78, 5) is 12.0. The highest BCUT2D eigenvalue weighted by Gasteiger charge is 2.37. The molecule has 0 spiro atoms. The molecule has 98 valence electrons. The second-order valence-electron chi connectivity index (χ2n) is 4.87. The Kier molecular flexibility index (Phi) is 3.57. The van der Waals surface area contributed by atoms with Crippen molar-refractivity contribution in [3.05, 3.63) is 29.3 Å². The SMILES string of the molecule is COC1(CNC(=O)c2cccc(O)c2C)CCC1. The van der Waals surface area contributed by atoms with Crippen molar-refractivity contribution in [2.24, 2.45) is 0 Å². The lowest BCUT2D eigenvalue weighted by molar-refractivity contribution is -0.0679. The number of carbonyl (C=O) groups excluding carboxylic acids is 1. The molecule has 2 N–H and O–H groups in total. The van der Waals surface area contributed by atoms with Gasteiger partial charge in [-0.15, -0.1) is 0 Å². The van der Waals surface area contributed by atoms with Gasteiger partial charge in [0.05, 0.1) is 5.60 Å². The monoisotopic (exact) mass is 249 g/mol. The zero-order valence-electron chi connectivity index (χ0n) is 10.8. The summed E-state index contributed by atoms with van der Waals surface area (Å²) in [6, 6.07) is 4.96. The molecule has 0 atom stereocenters. The molecule has 4 nitrogen and oxygen atoms in total. The summed E-state index contributed by atoms with van der Waals surface area (Å²) in [6.07, 6.45) is 3.13. The average molecular weight is 249 g/mol. The summed E-state index contributed by atoms with van der Waals surface area (Å²) < 4.78 is 5.45. The molecule has 1 saturated carbocycles. The maximum Gasteiger partial charge on any atom is 0.251 e. The lowest BCUT2D eigenvalue weighted by atomic mass is 9.80. The van der Waals surface area contributed by atoms with Gasteiger partial charge in [-0.1, -0.05) is 6.07 Å². The van der Waals surface area contributed by atoms with Crippen molar-refractivity contribution in [1.82, 2.24) is 5.32 Å². The molecule has 1 aromatic carbocycles. The molecule has 0 heterocycles. The lowest BCUT2D eigenvalue weighted by Crippen LogP contribution is -2.49. The summed E-state index contributed by atoms with van der Waals surface area (Å²) in [5.41, 5.74) is 0.941. The van der Waals surface area contributed by atoms with Gasteiger partial charge in [-0.3, -0.25) is 4.79 Å². The predicted molar refractivity (Wildman–Crippen MR) is 68.8 cm³/mol. The maximum atomic E-state index is 12.0. The number of carbonyl (C=O) groups is 1. The molecule has 2 rings (SSSR count). The molecule has 0 aromatic heterocycles. The Morgan fingerprint density at radius 1 is 1.50 bits per heavy atom. The molecule has 1 aliphatic rings. The van der Waals surface area contributed by atoms with Gasteiger partial charge in [0, 0.05) is 24.8 Å². The van der Waals surface area contributed by atoms with Crippen molar-refractivity contribution in [2.45, 2.75) is 31.8 Å². The number of hydrogen-bond donors (Lipinski definition) is 2. The van der Waals surface area contributed by atoms with Crippen LogP contribution in [0.2, 0.25) is 0 Å². The molecule has 0 saturated heterocycles. The van der Waals surface area contributed by atoms with Crippen LogP contribution in [0.15, 0.2) is 18.2 Å². The zero-order chi connectivity index (χ0) is 13.2. The molecule has 1 amide bonds. The number of rotatable bonds is 4. The molecule has 0 radical (unpaired) electrons. The molecular formula is C14H19NO3. The number of methoxy groups -OCH3 is 1. The minimum atomic E-state index is -0.180. The number of nitrogens with one attached hydrogen (secondary N) is 1. The molecule has 1 fully saturated rings. The standard InChI is InChI=1S/C14H19NO3/c1-10-11(5-3-6-12(10)16)13(17)15-9-14(18-2)7-4-8-14/h3,5-6,16H,4,7-9H2,1-2H3,(H,15,17). The summed E-state index contributed by atoms with van der Waals surface area (Å²) in [7, 11) is 1.69. The number of benzene rings is 1. The van der Waals surface area contributed by atoms with Crippen LogP contribution in [-0.4, -0.2) is 30.3 Å². The van der Waals surface area contributed by atoms with Crippen molar-refractivity contribution < 1.29 is 14.6 Å². The van der Waals surface area contributed by atoms with E-state index in [-0.39, 0.29) is 17.3 Å². The van der Waals surface area contributed by atoms with Crippen LogP contribution in [0.1, 0.15) is 35.2 Å². The minimum absolute atomic E-state index is 0.146. The highest BCUT2D eigenvalue weighted by Crippen LogP contribution is 2.34. The highest BCUT2D eigenvalue weighted by atomic mass is 16.5. The molecule has 4 heteroatoms. The average Bonchev–Trinajstić information content (AvgIpc) is 2.31. The van der Waals surface area contributed by atoms with E-state index in [1.54, 1.807) is 32.2 Å². The van der Waals surface area contributed by atoms with Gasteiger partial charge in [-0.05, 0) is 38.3 Å². The van der Waals surface area contributed by atoms with E-state index in [1.165, 1.54) is 0 Å². The van der Waals surface area contributed by atoms with E-state index in [2.05, 4.69) is 5.32 Å². The molecule has 0 aliphatic heterocycles. The third kappa shape index (κ3) is 2.34. The van der Waals surface area contributed by atoms with Crippen molar-refractivity contribution in [1.29, 1.82) is 0 Å². The van der Waals surface area contributed by atoms with Gasteiger partial charge in [0.15, 0.2) is 0 Å². The fraction of sp³-hybridized carbons (Fsp3) is 0.500. The fourth-order valence-electron chi connectivity index (χ4n) is 2.23. The zero-order valence-corrected chi connectivity index (χ0v) is 10.8. The Labute approximate surface area is 107 Å². The van der Waals surface area contributed by atoms with Crippen molar-refractivity contribution in [2.75, 3.05) is 13.7 Å². The maximum absolute atomic E-state index is 12.0. The Bertz CT molecular complexity index is 447. The summed E-state index contributed by atoms with van der Waals surface area (Å²) in [5.74, 6) is -0.0144. The molecular weight excluding hydrogens is 230 g/mol. The van der Waals surface area contributed by atoms with E-state index in [0.717, 1.165) is 19.3 Å². The van der Waals surface area contributed by atoms with Crippen LogP contribution in [0.4, 0.5) is 0 Å². The Balaban J connectivity index is 2.02. The van der Waals surface area contributed by atoms with E-state index in [9.17, 15) is 9.90 Å². The number of amides is 1. The van der Waals surface area contributed by atoms with E-state index < -0.39 is 0 Å². The van der Waals surface area contributed by atoms with E-state index in [1.807, 2.05) is 0 Å². The molecule has 0 unspecified atom stereocenters. The topological polar surface area (TPSA) is 58.6 Å². The molecule has 1 aromatic rings. The van der Waals surface area contributed by atoms with Gasteiger partial charge in [0.25, 0.3) is 5.91 Å². The number of phenols is 1. The van der Waals surface area contributed by atoms with Crippen LogP contribution in [0.5, 0.6) is 5.75 Å². The van der Waals surface area contributed by atoms with Crippen LogP contribution in [0.25, 0.3) is 0 Å². The second-order valence-corrected chi connectivity index (χ2v) is 4.87. The van der Waals surface area contributed by atoms with Crippen LogP contribution < -0.4 is 5.32 Å². The largest absolute Gasteiger partial charge is 0.508 e. The lowest BCUT2D eigenvalue weighted by Gasteiger charge is -2.40. The molecule has 1 aliphatic carbocycles. The number of phenolic OH excluding ortho intramolecular Hbond substituents is 1. The van der Waals surface area contributed by atoms with Crippen LogP contribution in [-0.2, 0) is 4.74 Å². The fourth-order valence-corrected chi connectivity index (χ4v) is 2.23. The van der Waals surface area contributed by atoms with Gasteiger partial charge in [-0.25, -0.2) is 0 Å². The highest BCUT2D eigenvalue weighted by molar-refractivity contribution is 5.96. The smallest absolute Gasteiger partial charge is 0.251 e. The Morgan fingerprint density at radius 3 is 2.78 bits per heavy atom. The van der Waals surface area contributed by atoms with Gasteiger partial charge < -0.3 is 15.2 Å². The quantitative estimate of drug-likeness (QED) is 0.858. The molecule has 18 heavy (non-hydrogen) atoms. The first-order valence-corrected chi connectivity index (χ1v) is 6.20. The van der Waals surface area contributed by atoms with E-state index in [4.69, 9.17) is 4.74 Å². The third-order valence-corrected chi connectivity index (χ3v) is 3.82. The second kappa shape index (κ2) is 4.98. The normalized spacial score (nSPS) is 17.0. The van der Waals surface area contributed by atoms with Gasteiger partial charge in [-0.2, -0.15) is 0 Å². The van der Waals surface area contributed by atoms with Crippen molar-refractivity contribution in [3.63, 3.8) is 0 Å². The minimum Gasteiger partial charge on any atom is -0.508 e. The number of aromatic hydroxyl groups is 1.